The van der Waals surface area contributed by atoms with Crippen molar-refractivity contribution in [1.82, 2.24) is 15.3 Å². The summed E-state index contributed by atoms with van der Waals surface area (Å²) in [4.78, 5) is 10.2. The maximum Gasteiger partial charge on any atom is 0.106 e. The van der Waals surface area contributed by atoms with Crippen LogP contribution in [0.15, 0.2) is 61.5 Å². The predicted molar refractivity (Wildman–Crippen MR) is 75.9 cm³/mol. The maximum absolute atomic E-state index is 9.17. The third-order valence-electron chi connectivity index (χ3n) is 2.88. The molecule has 1 aliphatic heterocycles. The van der Waals surface area contributed by atoms with Crippen molar-refractivity contribution in [3.8, 4) is 6.07 Å². The van der Waals surface area contributed by atoms with Crippen molar-refractivity contribution < 1.29 is 0 Å². The lowest BCUT2D eigenvalue weighted by atomic mass is 10.1. The fraction of sp³-hybridized carbons (Fsp3) is 0. The van der Waals surface area contributed by atoms with E-state index in [0.29, 0.717) is 5.56 Å². The van der Waals surface area contributed by atoms with E-state index in [9.17, 15) is 5.26 Å². The summed E-state index contributed by atoms with van der Waals surface area (Å²) in [5.41, 5.74) is 3.02. The van der Waals surface area contributed by atoms with Crippen LogP contribution in [0.4, 0.5) is 5.69 Å². The monoisotopic (exact) mass is 261 g/mol. The molecule has 0 atom stereocenters. The first-order valence-electron chi connectivity index (χ1n) is 6.07. The standard InChI is InChI=1S/C15H11N5/c16-9-12-3-1-2-4-15(12)20-8-7-19-14(11-20)13-10-17-5-6-18-13/h1-8,10-11,19H. The van der Waals surface area contributed by atoms with Crippen LogP contribution in [0.25, 0.3) is 5.70 Å². The van der Waals surface area contributed by atoms with Gasteiger partial charge < -0.3 is 10.2 Å². The van der Waals surface area contributed by atoms with Gasteiger partial charge in [-0.05, 0) is 12.1 Å². The molecule has 0 spiro atoms. The van der Waals surface area contributed by atoms with Crippen LogP contribution in [0.5, 0.6) is 0 Å². The second kappa shape index (κ2) is 5.24. The first kappa shape index (κ1) is 11.9. The van der Waals surface area contributed by atoms with Gasteiger partial charge in [-0.1, -0.05) is 12.1 Å². The smallest absolute Gasteiger partial charge is 0.106 e. The van der Waals surface area contributed by atoms with Crippen LogP contribution in [-0.2, 0) is 0 Å². The Hall–Kier alpha value is -3.13. The molecular formula is C15H11N5. The minimum Gasteiger partial charge on any atom is -0.357 e. The summed E-state index contributed by atoms with van der Waals surface area (Å²) >= 11 is 0. The van der Waals surface area contributed by atoms with E-state index in [1.165, 1.54) is 0 Å². The van der Waals surface area contributed by atoms with E-state index < -0.39 is 0 Å². The Morgan fingerprint density at radius 2 is 2.10 bits per heavy atom. The summed E-state index contributed by atoms with van der Waals surface area (Å²) in [6.07, 6.45) is 10.5. The molecule has 1 aromatic heterocycles. The normalized spacial score (nSPS) is 13.3. The Labute approximate surface area is 116 Å². The topological polar surface area (TPSA) is 64.8 Å². The van der Waals surface area contributed by atoms with Crippen molar-refractivity contribution in [1.29, 1.82) is 5.26 Å². The summed E-state index contributed by atoms with van der Waals surface area (Å²) in [6.45, 7) is 0. The number of anilines is 1. The number of rotatable bonds is 2. The third kappa shape index (κ3) is 2.22. The molecule has 0 amide bonds. The van der Waals surface area contributed by atoms with Crippen LogP contribution in [0.3, 0.4) is 0 Å². The number of nitriles is 1. The summed E-state index contributed by atoms with van der Waals surface area (Å²) in [5.74, 6) is 0. The van der Waals surface area contributed by atoms with E-state index in [4.69, 9.17) is 0 Å². The summed E-state index contributed by atoms with van der Waals surface area (Å²) in [7, 11) is 0. The highest BCUT2D eigenvalue weighted by molar-refractivity contribution is 5.71. The molecule has 3 rings (SSSR count). The van der Waals surface area contributed by atoms with Gasteiger partial charge >= 0.3 is 0 Å². The second-order valence-corrected chi connectivity index (χ2v) is 4.13. The third-order valence-corrected chi connectivity index (χ3v) is 2.88. The Morgan fingerprint density at radius 3 is 2.90 bits per heavy atom. The zero-order valence-corrected chi connectivity index (χ0v) is 10.6. The lowest BCUT2D eigenvalue weighted by molar-refractivity contribution is 1.06. The molecule has 5 nitrogen and oxygen atoms in total. The minimum atomic E-state index is 0.619. The van der Waals surface area contributed by atoms with Gasteiger partial charge in [-0.25, -0.2) is 0 Å². The van der Waals surface area contributed by atoms with E-state index in [1.807, 2.05) is 35.5 Å². The van der Waals surface area contributed by atoms with Gasteiger partial charge in [0.15, 0.2) is 0 Å². The van der Waals surface area contributed by atoms with E-state index in [-0.39, 0.29) is 0 Å². The van der Waals surface area contributed by atoms with Crippen LogP contribution in [-0.4, -0.2) is 9.97 Å². The van der Waals surface area contributed by atoms with Gasteiger partial charge in [-0.3, -0.25) is 9.97 Å². The molecule has 0 bridgehead atoms. The molecule has 0 unspecified atom stereocenters. The zero-order valence-electron chi connectivity index (χ0n) is 10.6. The van der Waals surface area contributed by atoms with Crippen LogP contribution >= 0.6 is 0 Å². The van der Waals surface area contributed by atoms with Crippen LogP contribution in [0, 0.1) is 11.3 Å². The SMILES string of the molecule is N#Cc1ccccc1N1C=CNC(c2cnccn2)=C1. The molecule has 1 aliphatic rings. The Morgan fingerprint density at radius 1 is 1.20 bits per heavy atom. The molecule has 0 radical (unpaired) electrons. The molecule has 2 aromatic rings. The van der Waals surface area contributed by atoms with Crippen molar-refractivity contribution in [2.24, 2.45) is 0 Å². The first-order valence-corrected chi connectivity index (χ1v) is 6.07. The number of para-hydroxylation sites is 1. The molecule has 96 valence electrons. The highest BCUT2D eigenvalue weighted by atomic mass is 15.1. The van der Waals surface area contributed by atoms with Gasteiger partial charge in [0.2, 0.25) is 0 Å². The Kier molecular flexibility index (Phi) is 3.13. The lowest BCUT2D eigenvalue weighted by Crippen LogP contribution is -2.20. The van der Waals surface area contributed by atoms with E-state index in [2.05, 4.69) is 21.4 Å². The van der Waals surface area contributed by atoms with Gasteiger partial charge in [0.05, 0.1) is 23.1 Å². The highest BCUT2D eigenvalue weighted by Gasteiger charge is 2.12. The average Bonchev–Trinajstić information content (AvgIpc) is 2.56. The second-order valence-electron chi connectivity index (χ2n) is 4.13. The molecule has 0 fully saturated rings. The number of hydrogen-bond donors (Lipinski definition) is 1. The fourth-order valence-corrected chi connectivity index (χ4v) is 1.95. The molecule has 1 aromatic carbocycles. The number of nitrogens with one attached hydrogen (secondary N) is 1. The van der Waals surface area contributed by atoms with Gasteiger partial charge in [0.1, 0.15) is 11.8 Å². The molecule has 5 heteroatoms. The molecule has 20 heavy (non-hydrogen) atoms. The largest absolute Gasteiger partial charge is 0.357 e. The minimum absolute atomic E-state index is 0.619. The zero-order chi connectivity index (χ0) is 13.8. The Bertz CT molecular complexity index is 713. The lowest BCUT2D eigenvalue weighted by Gasteiger charge is -2.22. The fourth-order valence-electron chi connectivity index (χ4n) is 1.95. The van der Waals surface area contributed by atoms with Gasteiger partial charge in [0.25, 0.3) is 0 Å². The van der Waals surface area contributed by atoms with E-state index >= 15 is 0 Å². The number of nitrogens with zero attached hydrogens (tertiary/aromatic N) is 4. The summed E-state index contributed by atoms with van der Waals surface area (Å²) in [6, 6.07) is 9.64. The molecule has 0 aliphatic carbocycles. The van der Waals surface area contributed by atoms with Gasteiger partial charge in [0, 0.05) is 31.0 Å². The van der Waals surface area contributed by atoms with Crippen LogP contribution < -0.4 is 10.2 Å². The van der Waals surface area contributed by atoms with Crippen molar-refractivity contribution in [2.75, 3.05) is 4.90 Å². The van der Waals surface area contributed by atoms with Gasteiger partial charge in [-0.2, -0.15) is 5.26 Å². The summed E-state index contributed by atoms with van der Waals surface area (Å²) in [5, 5.41) is 12.3. The molecular weight excluding hydrogens is 250 g/mol. The first-order chi connectivity index (χ1) is 9.88. The average molecular weight is 261 g/mol. The Balaban J connectivity index is 1.99. The molecule has 0 saturated heterocycles. The molecule has 2 heterocycles. The van der Waals surface area contributed by atoms with Crippen molar-refractivity contribution in [3.05, 3.63) is 72.7 Å². The number of benzene rings is 1. The van der Waals surface area contributed by atoms with Crippen molar-refractivity contribution in [3.63, 3.8) is 0 Å². The molecule has 1 N–H and O–H groups in total. The van der Waals surface area contributed by atoms with Crippen molar-refractivity contribution in [2.45, 2.75) is 0 Å². The summed E-state index contributed by atoms with van der Waals surface area (Å²) < 4.78 is 0. The van der Waals surface area contributed by atoms with Crippen molar-refractivity contribution >= 4 is 11.4 Å². The molecule has 0 saturated carbocycles. The number of aromatic nitrogens is 2. The van der Waals surface area contributed by atoms with Crippen LogP contribution in [0.2, 0.25) is 0 Å². The highest BCUT2D eigenvalue weighted by Crippen LogP contribution is 2.23. The van der Waals surface area contributed by atoms with Crippen LogP contribution in [0.1, 0.15) is 11.3 Å². The van der Waals surface area contributed by atoms with Gasteiger partial charge in [-0.15, -0.1) is 0 Å². The maximum atomic E-state index is 9.17. The number of hydrogen-bond acceptors (Lipinski definition) is 5. The van der Waals surface area contributed by atoms with E-state index in [0.717, 1.165) is 17.1 Å². The predicted octanol–water partition coefficient (Wildman–Crippen LogP) is 2.23. The quantitative estimate of drug-likeness (QED) is 0.898. The van der Waals surface area contributed by atoms with E-state index in [1.54, 1.807) is 30.9 Å².